The molecule has 0 nitrogen and oxygen atoms in total. The van der Waals surface area contributed by atoms with Gasteiger partial charge in [0.25, 0.3) is 0 Å². The summed E-state index contributed by atoms with van der Waals surface area (Å²) < 4.78 is 0. The van der Waals surface area contributed by atoms with Crippen LogP contribution in [0.4, 0.5) is 0 Å². The minimum Gasteiger partial charge on any atom is -0.0853 e. The Kier molecular flexibility index (Phi) is 7.62. The van der Waals surface area contributed by atoms with Crippen LogP contribution in [0.2, 0.25) is 0 Å². The summed E-state index contributed by atoms with van der Waals surface area (Å²) in [6.45, 7) is 13.8. The summed E-state index contributed by atoms with van der Waals surface area (Å²) in [6, 6.07) is 0. The van der Waals surface area contributed by atoms with Crippen molar-refractivity contribution in [1.29, 1.82) is 0 Å². The first kappa shape index (κ1) is 17.5. The van der Waals surface area contributed by atoms with Crippen LogP contribution in [-0.2, 0) is 0 Å². The maximum atomic E-state index is 2.41. The zero-order valence-electron chi connectivity index (χ0n) is 14.7. The molecule has 0 aromatic carbocycles. The fourth-order valence-electron chi connectivity index (χ4n) is 3.18. The number of rotatable bonds is 2. The van der Waals surface area contributed by atoms with Crippen LogP contribution >= 0.6 is 0 Å². The van der Waals surface area contributed by atoms with Gasteiger partial charge in [0.05, 0.1) is 0 Å². The Balaban J connectivity index is 0.000000200. The van der Waals surface area contributed by atoms with Gasteiger partial charge in [-0.05, 0) is 76.0 Å². The molecule has 0 amide bonds. The molecule has 0 bridgehead atoms. The van der Waals surface area contributed by atoms with Crippen LogP contribution in [0.15, 0.2) is 23.3 Å². The van der Waals surface area contributed by atoms with Crippen molar-refractivity contribution in [3.63, 3.8) is 0 Å². The highest BCUT2D eigenvalue weighted by molar-refractivity contribution is 5.03. The van der Waals surface area contributed by atoms with Crippen molar-refractivity contribution >= 4 is 0 Å². The van der Waals surface area contributed by atoms with Gasteiger partial charge in [-0.25, -0.2) is 0 Å². The second kappa shape index (κ2) is 8.70. The number of hydrogen-bond donors (Lipinski definition) is 0. The molecule has 0 heterocycles. The average Bonchev–Trinajstić information content (AvgIpc) is 2.40. The third kappa shape index (κ3) is 6.29. The van der Waals surface area contributed by atoms with Crippen LogP contribution in [0, 0.1) is 23.7 Å². The quantitative estimate of drug-likeness (QED) is 0.488. The summed E-state index contributed by atoms with van der Waals surface area (Å²) in [4.78, 5) is 0. The van der Waals surface area contributed by atoms with Gasteiger partial charge < -0.3 is 0 Å². The molecule has 0 unspecified atom stereocenters. The van der Waals surface area contributed by atoms with Gasteiger partial charge >= 0.3 is 0 Å². The molecule has 0 heteroatoms. The van der Waals surface area contributed by atoms with Gasteiger partial charge in [0, 0.05) is 0 Å². The molecule has 0 fully saturated rings. The minimum absolute atomic E-state index is 0.879. The Hall–Kier alpha value is -0.520. The Morgan fingerprint density at radius 3 is 1.30 bits per heavy atom. The SMILES string of the molecule is CC1=CC[C@@H](C(C)C)CC1.CC1=CC[C@H](C(C)C)CC1. The van der Waals surface area contributed by atoms with Gasteiger partial charge in [0.15, 0.2) is 0 Å². The van der Waals surface area contributed by atoms with Crippen molar-refractivity contribution in [2.24, 2.45) is 23.7 Å². The lowest BCUT2D eigenvalue weighted by molar-refractivity contribution is 0.350. The molecule has 0 spiro atoms. The molecule has 0 aliphatic heterocycles. The topological polar surface area (TPSA) is 0 Å². The van der Waals surface area contributed by atoms with Gasteiger partial charge in [0.1, 0.15) is 0 Å². The Morgan fingerprint density at radius 2 is 1.10 bits per heavy atom. The van der Waals surface area contributed by atoms with Crippen molar-refractivity contribution in [2.45, 2.75) is 80.1 Å². The predicted molar refractivity (Wildman–Crippen MR) is 91.9 cm³/mol. The number of hydrogen-bond acceptors (Lipinski definition) is 0. The second-order valence-corrected chi connectivity index (χ2v) is 7.66. The molecule has 2 rings (SSSR count). The maximum Gasteiger partial charge on any atom is -0.0317 e. The minimum atomic E-state index is 0.879. The normalized spacial score (nSPS) is 26.8. The zero-order valence-corrected chi connectivity index (χ0v) is 14.7. The fraction of sp³-hybridized carbons (Fsp3) is 0.800. The van der Waals surface area contributed by atoms with E-state index in [2.05, 4.69) is 53.7 Å². The highest BCUT2D eigenvalue weighted by Gasteiger charge is 2.15. The lowest BCUT2D eigenvalue weighted by atomic mass is 9.83. The highest BCUT2D eigenvalue weighted by Crippen LogP contribution is 2.29. The first-order valence-electron chi connectivity index (χ1n) is 8.71. The second-order valence-electron chi connectivity index (χ2n) is 7.66. The molecule has 0 N–H and O–H groups in total. The summed E-state index contributed by atoms with van der Waals surface area (Å²) in [7, 11) is 0. The summed E-state index contributed by atoms with van der Waals surface area (Å²) in [5, 5.41) is 0. The van der Waals surface area contributed by atoms with E-state index in [1.54, 1.807) is 11.1 Å². The molecule has 0 aromatic rings. The van der Waals surface area contributed by atoms with E-state index in [9.17, 15) is 0 Å². The molecular formula is C20H36. The molecule has 2 aliphatic carbocycles. The standard InChI is InChI=1S/2C10H18/c2*1-8(2)10-6-4-9(3)5-7-10/h2*4,8,10H,5-7H2,1-3H3/t2*10-/m10/s1. The summed E-state index contributed by atoms with van der Waals surface area (Å²) in [6.07, 6.45) is 13.0. The maximum absolute atomic E-state index is 2.41. The summed E-state index contributed by atoms with van der Waals surface area (Å²) >= 11 is 0. The van der Waals surface area contributed by atoms with Gasteiger partial charge in [-0.1, -0.05) is 51.0 Å². The highest BCUT2D eigenvalue weighted by atomic mass is 14.2. The van der Waals surface area contributed by atoms with Gasteiger partial charge in [0.2, 0.25) is 0 Å². The molecule has 20 heavy (non-hydrogen) atoms. The van der Waals surface area contributed by atoms with Crippen LogP contribution in [0.5, 0.6) is 0 Å². The van der Waals surface area contributed by atoms with E-state index in [-0.39, 0.29) is 0 Å². The zero-order chi connectivity index (χ0) is 15.1. The lowest BCUT2D eigenvalue weighted by Crippen LogP contribution is -2.10. The Labute approximate surface area is 127 Å². The third-order valence-electron chi connectivity index (χ3n) is 5.24. The lowest BCUT2D eigenvalue weighted by Gasteiger charge is -2.23. The molecule has 0 radical (unpaired) electrons. The van der Waals surface area contributed by atoms with Crippen LogP contribution in [0.1, 0.15) is 80.1 Å². The number of allylic oxidation sites excluding steroid dienone is 4. The van der Waals surface area contributed by atoms with Crippen LogP contribution in [0.3, 0.4) is 0 Å². The smallest absolute Gasteiger partial charge is 0.0317 e. The summed E-state index contributed by atoms with van der Waals surface area (Å²) in [5.41, 5.74) is 3.19. The van der Waals surface area contributed by atoms with E-state index >= 15 is 0 Å². The fourth-order valence-corrected chi connectivity index (χ4v) is 3.18. The van der Waals surface area contributed by atoms with Gasteiger partial charge in [-0.15, -0.1) is 0 Å². The van der Waals surface area contributed by atoms with E-state index < -0.39 is 0 Å². The Bertz CT molecular complexity index is 296. The van der Waals surface area contributed by atoms with Crippen molar-refractivity contribution in [3.8, 4) is 0 Å². The molecular weight excluding hydrogens is 240 g/mol. The first-order chi connectivity index (χ1) is 9.40. The molecule has 2 atom stereocenters. The van der Waals surface area contributed by atoms with Crippen LogP contribution in [-0.4, -0.2) is 0 Å². The van der Waals surface area contributed by atoms with Crippen molar-refractivity contribution < 1.29 is 0 Å². The van der Waals surface area contributed by atoms with E-state index in [0.717, 1.165) is 23.7 Å². The summed E-state index contributed by atoms with van der Waals surface area (Å²) in [5.74, 6) is 3.68. The first-order valence-corrected chi connectivity index (χ1v) is 8.71. The molecule has 2 aliphatic rings. The van der Waals surface area contributed by atoms with E-state index in [0.29, 0.717) is 0 Å². The van der Waals surface area contributed by atoms with E-state index in [1.165, 1.54) is 38.5 Å². The van der Waals surface area contributed by atoms with Crippen LogP contribution < -0.4 is 0 Å². The van der Waals surface area contributed by atoms with Gasteiger partial charge in [-0.2, -0.15) is 0 Å². The van der Waals surface area contributed by atoms with Crippen molar-refractivity contribution in [3.05, 3.63) is 23.3 Å². The van der Waals surface area contributed by atoms with E-state index in [1.807, 2.05) is 0 Å². The van der Waals surface area contributed by atoms with Gasteiger partial charge in [-0.3, -0.25) is 0 Å². The van der Waals surface area contributed by atoms with E-state index in [4.69, 9.17) is 0 Å². The largest absolute Gasteiger partial charge is 0.0853 e. The monoisotopic (exact) mass is 276 g/mol. The van der Waals surface area contributed by atoms with Crippen LogP contribution in [0.25, 0.3) is 0 Å². The van der Waals surface area contributed by atoms with Crippen molar-refractivity contribution in [2.75, 3.05) is 0 Å². The molecule has 116 valence electrons. The van der Waals surface area contributed by atoms with Crippen molar-refractivity contribution in [1.82, 2.24) is 0 Å². The third-order valence-corrected chi connectivity index (χ3v) is 5.24. The molecule has 0 aromatic heterocycles. The predicted octanol–water partition coefficient (Wildman–Crippen LogP) is 6.78. The molecule has 0 saturated carbocycles. The average molecular weight is 277 g/mol. The molecule has 0 saturated heterocycles. The Morgan fingerprint density at radius 1 is 0.750 bits per heavy atom.